The molecular formula is C22H26O3S. The highest BCUT2D eigenvalue weighted by atomic mass is 32.2. The molecule has 2 aromatic carbocycles. The van der Waals surface area contributed by atoms with Crippen LogP contribution in [0.2, 0.25) is 0 Å². The van der Waals surface area contributed by atoms with Crippen molar-refractivity contribution in [3.05, 3.63) is 66.7 Å². The topological polar surface area (TPSA) is 35.5 Å². The minimum atomic E-state index is -0.436. The van der Waals surface area contributed by atoms with Crippen LogP contribution in [0.4, 0.5) is 0 Å². The average Bonchev–Trinajstić information content (AvgIpc) is 2.59. The molecular weight excluding hydrogens is 344 g/mol. The number of carbonyl (C=O) groups is 1. The van der Waals surface area contributed by atoms with E-state index >= 15 is 0 Å². The maximum absolute atomic E-state index is 11.8. The van der Waals surface area contributed by atoms with Crippen molar-refractivity contribution in [2.45, 2.75) is 44.1 Å². The molecule has 0 aliphatic rings. The summed E-state index contributed by atoms with van der Waals surface area (Å²) >= 11 is 1.74. The molecule has 0 N–H and O–H groups in total. The number of benzene rings is 2. The minimum Gasteiger partial charge on any atom is -0.460 e. The van der Waals surface area contributed by atoms with Gasteiger partial charge in [0.2, 0.25) is 0 Å². The van der Waals surface area contributed by atoms with E-state index in [0.717, 1.165) is 22.8 Å². The molecule has 0 bridgehead atoms. The van der Waals surface area contributed by atoms with Gasteiger partial charge in [-0.05, 0) is 69.2 Å². The van der Waals surface area contributed by atoms with Gasteiger partial charge in [-0.1, -0.05) is 18.2 Å². The molecule has 0 aromatic heterocycles. The molecule has 0 radical (unpaired) electrons. The van der Waals surface area contributed by atoms with Crippen LogP contribution in [0, 0.1) is 0 Å². The minimum absolute atomic E-state index is 0.174. The number of carbonyl (C=O) groups excluding carboxylic acids is 1. The third-order valence-corrected chi connectivity index (χ3v) is 4.40. The van der Waals surface area contributed by atoms with Crippen LogP contribution in [-0.2, 0) is 16.0 Å². The van der Waals surface area contributed by atoms with E-state index in [0.29, 0.717) is 12.8 Å². The van der Waals surface area contributed by atoms with Crippen molar-refractivity contribution in [1.29, 1.82) is 0 Å². The summed E-state index contributed by atoms with van der Waals surface area (Å²) in [5.41, 5.74) is 0.647. The Morgan fingerprint density at radius 2 is 1.62 bits per heavy atom. The first-order valence-corrected chi connectivity index (χ1v) is 9.67. The van der Waals surface area contributed by atoms with Gasteiger partial charge < -0.3 is 9.47 Å². The van der Waals surface area contributed by atoms with Crippen molar-refractivity contribution in [2.24, 2.45) is 0 Å². The highest BCUT2D eigenvalue weighted by Crippen LogP contribution is 2.25. The first-order chi connectivity index (χ1) is 12.4. The van der Waals surface area contributed by atoms with E-state index < -0.39 is 5.60 Å². The summed E-state index contributed by atoms with van der Waals surface area (Å²) in [5.74, 6) is 2.30. The summed E-state index contributed by atoms with van der Waals surface area (Å²) in [7, 11) is 0. The molecule has 138 valence electrons. The van der Waals surface area contributed by atoms with Crippen LogP contribution in [0.5, 0.6) is 11.5 Å². The number of esters is 1. The number of hydrogen-bond donors (Lipinski definition) is 0. The molecule has 0 atom stereocenters. The van der Waals surface area contributed by atoms with Crippen LogP contribution in [0.1, 0.15) is 32.8 Å². The number of rotatable bonds is 8. The van der Waals surface area contributed by atoms with E-state index in [1.165, 1.54) is 4.90 Å². The van der Waals surface area contributed by atoms with Crippen molar-refractivity contribution >= 4 is 17.7 Å². The Morgan fingerprint density at radius 1 is 1.04 bits per heavy atom. The van der Waals surface area contributed by atoms with Gasteiger partial charge in [-0.2, -0.15) is 0 Å². The quantitative estimate of drug-likeness (QED) is 0.323. The first-order valence-electron chi connectivity index (χ1n) is 8.68. The monoisotopic (exact) mass is 370 g/mol. The van der Waals surface area contributed by atoms with Crippen molar-refractivity contribution in [1.82, 2.24) is 0 Å². The van der Waals surface area contributed by atoms with Crippen LogP contribution in [0.15, 0.2) is 66.1 Å². The van der Waals surface area contributed by atoms with E-state index in [2.05, 4.69) is 6.58 Å². The van der Waals surface area contributed by atoms with Crippen molar-refractivity contribution < 1.29 is 14.3 Å². The zero-order valence-electron chi connectivity index (χ0n) is 15.7. The zero-order valence-corrected chi connectivity index (χ0v) is 16.5. The van der Waals surface area contributed by atoms with Gasteiger partial charge >= 0.3 is 5.97 Å². The second kappa shape index (κ2) is 9.48. The van der Waals surface area contributed by atoms with E-state index in [1.54, 1.807) is 11.8 Å². The molecule has 0 aliphatic heterocycles. The van der Waals surface area contributed by atoms with Crippen LogP contribution in [-0.4, -0.2) is 17.3 Å². The van der Waals surface area contributed by atoms with Gasteiger partial charge in [-0.25, -0.2) is 0 Å². The standard InChI is InChI=1S/C22H26O3S/c1-5-16-26-20-13-11-19(12-14-20)24-18-9-6-17(7-10-18)8-15-21(23)25-22(2,3)4/h5-7,9-14H,1,8,15-16H2,2-4H3. The molecule has 0 unspecified atom stereocenters. The summed E-state index contributed by atoms with van der Waals surface area (Å²) in [6.07, 6.45) is 2.92. The lowest BCUT2D eigenvalue weighted by Crippen LogP contribution is -2.23. The fourth-order valence-electron chi connectivity index (χ4n) is 2.26. The Kier molecular flexibility index (Phi) is 7.34. The van der Waals surface area contributed by atoms with Gasteiger partial charge in [-0.15, -0.1) is 18.3 Å². The average molecular weight is 371 g/mol. The Bertz CT molecular complexity index is 713. The molecule has 2 rings (SSSR count). The predicted molar refractivity (Wildman–Crippen MR) is 108 cm³/mol. The normalized spacial score (nSPS) is 11.0. The smallest absolute Gasteiger partial charge is 0.306 e. The van der Waals surface area contributed by atoms with Crippen LogP contribution < -0.4 is 4.74 Å². The molecule has 2 aromatic rings. The molecule has 4 heteroatoms. The lowest BCUT2D eigenvalue weighted by molar-refractivity contribution is -0.154. The summed E-state index contributed by atoms with van der Waals surface area (Å²) in [4.78, 5) is 13.0. The van der Waals surface area contributed by atoms with Crippen molar-refractivity contribution in [3.63, 3.8) is 0 Å². The fourth-order valence-corrected chi connectivity index (χ4v) is 2.90. The molecule has 0 saturated heterocycles. The zero-order chi connectivity index (χ0) is 19.0. The van der Waals surface area contributed by atoms with E-state index in [9.17, 15) is 4.79 Å². The van der Waals surface area contributed by atoms with E-state index in [1.807, 2.05) is 75.4 Å². The largest absolute Gasteiger partial charge is 0.460 e. The second-order valence-corrected chi connectivity index (χ2v) is 8.00. The molecule has 0 heterocycles. The van der Waals surface area contributed by atoms with Crippen molar-refractivity contribution in [3.8, 4) is 11.5 Å². The molecule has 3 nitrogen and oxygen atoms in total. The SMILES string of the molecule is C=CCSc1ccc(Oc2ccc(CCC(=O)OC(C)(C)C)cc2)cc1. The van der Waals surface area contributed by atoms with Gasteiger partial charge in [0, 0.05) is 17.1 Å². The number of hydrogen-bond acceptors (Lipinski definition) is 4. The molecule has 0 aliphatic carbocycles. The maximum Gasteiger partial charge on any atom is 0.306 e. The highest BCUT2D eigenvalue weighted by molar-refractivity contribution is 7.99. The fraction of sp³-hybridized carbons (Fsp3) is 0.318. The highest BCUT2D eigenvalue weighted by Gasteiger charge is 2.15. The van der Waals surface area contributed by atoms with Crippen LogP contribution in [0.25, 0.3) is 0 Å². The number of thioether (sulfide) groups is 1. The summed E-state index contributed by atoms with van der Waals surface area (Å²) in [6, 6.07) is 15.8. The van der Waals surface area contributed by atoms with E-state index in [4.69, 9.17) is 9.47 Å². The lowest BCUT2D eigenvalue weighted by atomic mass is 10.1. The third kappa shape index (κ3) is 7.36. The lowest BCUT2D eigenvalue weighted by Gasteiger charge is -2.19. The predicted octanol–water partition coefficient (Wildman–Crippen LogP) is 6.03. The Hall–Kier alpha value is -2.20. The Morgan fingerprint density at radius 3 is 2.15 bits per heavy atom. The van der Waals surface area contributed by atoms with Gasteiger partial charge in [0.1, 0.15) is 17.1 Å². The molecule has 26 heavy (non-hydrogen) atoms. The Labute approximate surface area is 160 Å². The first kappa shape index (κ1) is 20.1. The van der Waals surface area contributed by atoms with Gasteiger partial charge in [-0.3, -0.25) is 4.79 Å². The van der Waals surface area contributed by atoms with Gasteiger partial charge in [0.05, 0.1) is 0 Å². The van der Waals surface area contributed by atoms with Crippen LogP contribution in [0.3, 0.4) is 0 Å². The molecule has 0 fully saturated rings. The Balaban J connectivity index is 1.85. The van der Waals surface area contributed by atoms with Crippen molar-refractivity contribution in [2.75, 3.05) is 5.75 Å². The summed E-state index contributed by atoms with van der Waals surface area (Å²) < 4.78 is 11.2. The van der Waals surface area contributed by atoms with Gasteiger partial charge in [0.15, 0.2) is 0 Å². The van der Waals surface area contributed by atoms with Gasteiger partial charge in [0.25, 0.3) is 0 Å². The summed E-state index contributed by atoms with van der Waals surface area (Å²) in [5, 5.41) is 0. The maximum atomic E-state index is 11.8. The number of aryl methyl sites for hydroxylation is 1. The molecule has 0 amide bonds. The second-order valence-electron chi connectivity index (χ2n) is 6.90. The molecule has 0 saturated carbocycles. The number of ether oxygens (including phenoxy) is 2. The molecule has 0 spiro atoms. The van der Waals surface area contributed by atoms with E-state index in [-0.39, 0.29) is 5.97 Å². The summed E-state index contributed by atoms with van der Waals surface area (Å²) in [6.45, 7) is 9.35. The third-order valence-electron chi connectivity index (χ3n) is 3.39. The van der Waals surface area contributed by atoms with Crippen LogP contribution >= 0.6 is 11.8 Å².